The molecule has 44 heavy (non-hydrogen) atoms. The summed E-state index contributed by atoms with van der Waals surface area (Å²) in [5, 5.41) is 5.43. The Balaban J connectivity index is 1.52. The molecule has 2 heterocycles. The van der Waals surface area contributed by atoms with Gasteiger partial charge in [-0.15, -0.1) is 0 Å². The molecular formula is C40H52N2OSi. The molecule has 2 aromatic heterocycles. The van der Waals surface area contributed by atoms with Crippen molar-refractivity contribution in [2.75, 3.05) is 0 Å². The van der Waals surface area contributed by atoms with Gasteiger partial charge in [0.25, 0.3) is 0 Å². The van der Waals surface area contributed by atoms with Crippen molar-refractivity contribution in [3.05, 3.63) is 66.5 Å². The highest BCUT2D eigenvalue weighted by Crippen LogP contribution is 2.44. The van der Waals surface area contributed by atoms with Crippen molar-refractivity contribution >= 4 is 46.1 Å². The largest absolute Gasteiger partial charge is 0.452 e. The van der Waals surface area contributed by atoms with Gasteiger partial charge >= 0.3 is 0 Å². The summed E-state index contributed by atoms with van der Waals surface area (Å²) in [5.41, 5.74) is 6.62. The SMILES string of the molecule is CC(C)C[Si](CC(C)C)(CC(C)C)c1cc(-c2ncnc3c2oc2cc(C4CCC(C)(C)CC4)ccc23)cc2ccccc12. The van der Waals surface area contributed by atoms with Crippen LogP contribution in [-0.4, -0.2) is 18.0 Å². The third-order valence-electron chi connectivity index (χ3n) is 10.2. The predicted molar refractivity (Wildman–Crippen MR) is 192 cm³/mol. The van der Waals surface area contributed by atoms with Gasteiger partial charge in [0.1, 0.15) is 23.1 Å². The average molecular weight is 605 g/mol. The van der Waals surface area contributed by atoms with Crippen molar-refractivity contribution in [3.8, 4) is 11.3 Å². The Morgan fingerprint density at radius 3 is 2.11 bits per heavy atom. The standard InChI is InChI=1S/C40H52N2OSi/c1-26(2)22-44(23-27(3)4,24-28(5)6)36-21-32(19-31-11-9-10-12-33(31)36)37-39-38(42-25-41-37)34-14-13-30(20-35(34)43-39)29-15-17-40(7,8)18-16-29/h9-14,19-21,25-29H,15-18,22-24H2,1-8H3. The van der Waals surface area contributed by atoms with E-state index in [1.165, 1.54) is 60.2 Å². The highest BCUT2D eigenvalue weighted by molar-refractivity contribution is 6.93. The predicted octanol–water partition coefficient (Wildman–Crippen LogP) is 11.5. The lowest BCUT2D eigenvalue weighted by Gasteiger charge is -2.38. The van der Waals surface area contributed by atoms with Gasteiger partial charge in [-0.3, -0.25) is 0 Å². The van der Waals surface area contributed by atoms with Crippen LogP contribution in [0.5, 0.6) is 0 Å². The number of hydrogen-bond donors (Lipinski definition) is 0. The summed E-state index contributed by atoms with van der Waals surface area (Å²) in [6.45, 7) is 19.3. The van der Waals surface area contributed by atoms with Crippen molar-refractivity contribution in [1.29, 1.82) is 0 Å². The van der Waals surface area contributed by atoms with Gasteiger partial charge in [-0.05, 0) is 89.3 Å². The molecule has 0 saturated heterocycles. The summed E-state index contributed by atoms with van der Waals surface area (Å²) in [6, 6.07) is 24.7. The molecule has 4 heteroatoms. The molecule has 232 valence electrons. The van der Waals surface area contributed by atoms with E-state index in [0.717, 1.165) is 33.3 Å². The zero-order chi connectivity index (χ0) is 31.2. The maximum atomic E-state index is 6.73. The number of fused-ring (bicyclic) bond motifs is 4. The van der Waals surface area contributed by atoms with Crippen molar-refractivity contribution in [2.45, 2.75) is 105 Å². The van der Waals surface area contributed by atoms with Crippen LogP contribution in [0.15, 0.2) is 65.3 Å². The summed E-state index contributed by atoms with van der Waals surface area (Å²) in [6.07, 6.45) is 6.80. The maximum Gasteiger partial charge on any atom is 0.180 e. The van der Waals surface area contributed by atoms with Crippen LogP contribution in [0, 0.1) is 23.2 Å². The second kappa shape index (κ2) is 12.1. The van der Waals surface area contributed by atoms with Gasteiger partial charge in [0.2, 0.25) is 0 Å². The topological polar surface area (TPSA) is 38.9 Å². The summed E-state index contributed by atoms with van der Waals surface area (Å²) < 4.78 is 6.73. The summed E-state index contributed by atoms with van der Waals surface area (Å²) in [5.74, 6) is 2.58. The maximum absolute atomic E-state index is 6.73. The van der Waals surface area contributed by atoms with E-state index < -0.39 is 8.07 Å². The fourth-order valence-corrected chi connectivity index (χ4v) is 15.7. The molecule has 0 amide bonds. The van der Waals surface area contributed by atoms with Crippen LogP contribution in [-0.2, 0) is 0 Å². The van der Waals surface area contributed by atoms with Crippen molar-refractivity contribution in [2.24, 2.45) is 23.2 Å². The Bertz CT molecular complexity index is 1740. The minimum absolute atomic E-state index is 0.461. The normalized spacial score (nSPS) is 16.3. The van der Waals surface area contributed by atoms with E-state index in [1.807, 2.05) is 0 Å². The molecule has 1 saturated carbocycles. The minimum atomic E-state index is -1.90. The lowest BCUT2D eigenvalue weighted by Crippen LogP contribution is -2.51. The Kier molecular flexibility index (Phi) is 8.52. The van der Waals surface area contributed by atoms with Gasteiger partial charge in [0.15, 0.2) is 5.58 Å². The molecule has 1 aliphatic carbocycles. The Hall–Kier alpha value is -2.98. The zero-order valence-electron chi connectivity index (χ0n) is 28.3. The lowest BCUT2D eigenvalue weighted by atomic mass is 9.71. The van der Waals surface area contributed by atoms with E-state index in [1.54, 1.807) is 11.5 Å². The molecular weight excluding hydrogens is 553 g/mol. The fraction of sp³-hybridized carbons (Fsp3) is 0.500. The van der Waals surface area contributed by atoms with Crippen LogP contribution in [0.4, 0.5) is 0 Å². The van der Waals surface area contributed by atoms with Crippen molar-refractivity contribution < 1.29 is 4.42 Å². The Morgan fingerprint density at radius 1 is 0.795 bits per heavy atom. The van der Waals surface area contributed by atoms with Crippen LogP contribution in [0.2, 0.25) is 18.1 Å². The molecule has 6 rings (SSSR count). The van der Waals surface area contributed by atoms with Crippen molar-refractivity contribution in [1.82, 2.24) is 9.97 Å². The first kappa shape index (κ1) is 31.0. The lowest BCUT2D eigenvalue weighted by molar-refractivity contribution is 0.224. The van der Waals surface area contributed by atoms with Gasteiger partial charge in [-0.1, -0.05) is 115 Å². The molecule has 0 unspecified atom stereocenters. The number of nitrogens with zero attached hydrogens (tertiary/aromatic N) is 2. The molecule has 0 atom stereocenters. The van der Waals surface area contributed by atoms with Crippen molar-refractivity contribution in [3.63, 3.8) is 0 Å². The second-order valence-electron chi connectivity index (χ2n) is 16.0. The molecule has 1 aliphatic rings. The van der Waals surface area contributed by atoms with Crippen LogP contribution >= 0.6 is 0 Å². The van der Waals surface area contributed by atoms with Gasteiger partial charge in [-0.2, -0.15) is 0 Å². The van der Waals surface area contributed by atoms with Gasteiger partial charge in [0.05, 0.1) is 8.07 Å². The first-order valence-corrected chi connectivity index (χ1v) is 19.8. The molecule has 5 aromatic rings. The first-order chi connectivity index (χ1) is 20.9. The van der Waals surface area contributed by atoms with Crippen LogP contribution in [0.25, 0.3) is 44.1 Å². The molecule has 0 aliphatic heterocycles. The fourth-order valence-electron chi connectivity index (χ4n) is 8.59. The van der Waals surface area contributed by atoms with E-state index in [2.05, 4.69) is 110 Å². The zero-order valence-corrected chi connectivity index (χ0v) is 29.3. The van der Waals surface area contributed by atoms with Crippen LogP contribution in [0.1, 0.15) is 92.6 Å². The van der Waals surface area contributed by atoms with E-state index in [-0.39, 0.29) is 0 Å². The molecule has 3 nitrogen and oxygen atoms in total. The number of aromatic nitrogens is 2. The summed E-state index contributed by atoms with van der Waals surface area (Å²) in [4.78, 5) is 9.70. The summed E-state index contributed by atoms with van der Waals surface area (Å²) in [7, 11) is -1.90. The highest BCUT2D eigenvalue weighted by atomic mass is 28.3. The Labute approximate surface area is 265 Å². The van der Waals surface area contributed by atoms with E-state index in [9.17, 15) is 0 Å². The minimum Gasteiger partial charge on any atom is -0.452 e. The third-order valence-corrected chi connectivity index (χ3v) is 16.5. The molecule has 3 aromatic carbocycles. The van der Waals surface area contributed by atoms with Gasteiger partial charge in [0, 0.05) is 10.9 Å². The monoisotopic (exact) mass is 604 g/mol. The summed E-state index contributed by atoms with van der Waals surface area (Å²) >= 11 is 0. The average Bonchev–Trinajstić information content (AvgIpc) is 3.33. The van der Waals surface area contributed by atoms with E-state index >= 15 is 0 Å². The van der Waals surface area contributed by atoms with E-state index in [0.29, 0.717) is 29.1 Å². The first-order valence-electron chi connectivity index (χ1n) is 17.2. The molecule has 0 spiro atoms. The molecule has 0 bridgehead atoms. The smallest absolute Gasteiger partial charge is 0.180 e. The molecule has 0 N–H and O–H groups in total. The highest BCUT2D eigenvalue weighted by Gasteiger charge is 2.38. The number of rotatable bonds is 9. The number of furan rings is 1. The Morgan fingerprint density at radius 2 is 1.45 bits per heavy atom. The van der Waals surface area contributed by atoms with Crippen LogP contribution in [0.3, 0.4) is 0 Å². The quantitative estimate of drug-likeness (QED) is 0.157. The third kappa shape index (κ3) is 6.12. The number of benzene rings is 3. The molecule has 0 radical (unpaired) electrons. The number of hydrogen-bond acceptors (Lipinski definition) is 3. The second-order valence-corrected chi connectivity index (χ2v) is 20.3. The molecule has 1 fully saturated rings. The van der Waals surface area contributed by atoms with E-state index in [4.69, 9.17) is 14.4 Å². The van der Waals surface area contributed by atoms with Gasteiger partial charge < -0.3 is 4.42 Å². The van der Waals surface area contributed by atoms with Crippen LogP contribution < -0.4 is 5.19 Å². The van der Waals surface area contributed by atoms with Gasteiger partial charge in [-0.25, -0.2) is 9.97 Å².